The van der Waals surface area contributed by atoms with Crippen molar-refractivity contribution >= 4 is 0 Å². The Labute approximate surface area is 94.2 Å². The molecule has 0 aromatic rings. The van der Waals surface area contributed by atoms with Crippen LogP contribution in [0, 0.1) is 11.8 Å². The summed E-state index contributed by atoms with van der Waals surface area (Å²) < 4.78 is 0. The summed E-state index contributed by atoms with van der Waals surface area (Å²) in [4.78, 5) is 2.75. The van der Waals surface area contributed by atoms with Crippen molar-refractivity contribution in [3.63, 3.8) is 0 Å². The van der Waals surface area contributed by atoms with E-state index in [0.29, 0.717) is 5.54 Å². The molecule has 2 nitrogen and oxygen atoms in total. The van der Waals surface area contributed by atoms with Crippen molar-refractivity contribution in [2.24, 2.45) is 17.6 Å². The number of hydrogen-bond acceptors (Lipinski definition) is 2. The largest absolute Gasteiger partial charge is 0.329 e. The molecule has 2 aliphatic rings. The van der Waals surface area contributed by atoms with Gasteiger partial charge in [0.25, 0.3) is 0 Å². The molecule has 2 heteroatoms. The van der Waals surface area contributed by atoms with Crippen LogP contribution >= 0.6 is 0 Å². The van der Waals surface area contributed by atoms with Crippen LogP contribution in [0.3, 0.4) is 0 Å². The molecule has 2 rings (SSSR count). The third-order valence-electron chi connectivity index (χ3n) is 4.00. The first-order valence-electron chi connectivity index (χ1n) is 6.54. The average molecular weight is 210 g/mol. The molecule has 2 N–H and O–H groups in total. The highest BCUT2D eigenvalue weighted by Gasteiger charge is 2.49. The number of hydrogen-bond donors (Lipinski definition) is 1. The second-order valence-electron chi connectivity index (χ2n) is 6.22. The van der Waals surface area contributed by atoms with Gasteiger partial charge in [-0.2, -0.15) is 0 Å². The van der Waals surface area contributed by atoms with Crippen LogP contribution in [-0.2, 0) is 0 Å². The monoisotopic (exact) mass is 210 g/mol. The SMILES string of the molecule is CC(C)CN(C1CC1)C1(CN)CC(C)C1. The second-order valence-corrected chi connectivity index (χ2v) is 6.22. The Morgan fingerprint density at radius 2 is 1.93 bits per heavy atom. The van der Waals surface area contributed by atoms with Crippen molar-refractivity contribution in [2.75, 3.05) is 13.1 Å². The Hall–Kier alpha value is -0.0800. The van der Waals surface area contributed by atoms with E-state index < -0.39 is 0 Å². The van der Waals surface area contributed by atoms with Gasteiger partial charge in [0.2, 0.25) is 0 Å². The van der Waals surface area contributed by atoms with E-state index in [1.165, 1.54) is 32.2 Å². The lowest BCUT2D eigenvalue weighted by molar-refractivity contribution is -0.0257. The van der Waals surface area contributed by atoms with Crippen molar-refractivity contribution in [3.05, 3.63) is 0 Å². The van der Waals surface area contributed by atoms with Gasteiger partial charge in [-0.1, -0.05) is 20.8 Å². The Kier molecular flexibility index (Phi) is 3.09. The summed E-state index contributed by atoms with van der Waals surface area (Å²) >= 11 is 0. The van der Waals surface area contributed by atoms with E-state index in [-0.39, 0.29) is 0 Å². The van der Waals surface area contributed by atoms with Crippen LogP contribution < -0.4 is 5.73 Å². The molecule has 0 saturated heterocycles. The van der Waals surface area contributed by atoms with Gasteiger partial charge >= 0.3 is 0 Å². The maximum absolute atomic E-state index is 6.03. The molecule has 0 bridgehead atoms. The van der Waals surface area contributed by atoms with Crippen molar-refractivity contribution < 1.29 is 0 Å². The smallest absolute Gasteiger partial charge is 0.0339 e. The molecule has 2 fully saturated rings. The second kappa shape index (κ2) is 4.06. The van der Waals surface area contributed by atoms with Gasteiger partial charge in [0.05, 0.1) is 0 Å². The fraction of sp³-hybridized carbons (Fsp3) is 1.00. The van der Waals surface area contributed by atoms with Crippen LogP contribution in [-0.4, -0.2) is 29.6 Å². The molecule has 0 unspecified atom stereocenters. The van der Waals surface area contributed by atoms with Gasteiger partial charge in [-0.3, -0.25) is 4.90 Å². The molecule has 15 heavy (non-hydrogen) atoms. The first-order chi connectivity index (χ1) is 7.07. The Morgan fingerprint density at radius 3 is 2.27 bits per heavy atom. The van der Waals surface area contributed by atoms with Gasteiger partial charge in [-0.15, -0.1) is 0 Å². The van der Waals surface area contributed by atoms with Crippen molar-refractivity contribution in [3.8, 4) is 0 Å². The topological polar surface area (TPSA) is 29.3 Å². The summed E-state index contributed by atoms with van der Waals surface area (Å²) in [6, 6.07) is 0.864. The van der Waals surface area contributed by atoms with Gasteiger partial charge in [-0.25, -0.2) is 0 Å². The molecule has 2 saturated carbocycles. The van der Waals surface area contributed by atoms with Crippen LogP contribution in [0.15, 0.2) is 0 Å². The van der Waals surface area contributed by atoms with Crippen LogP contribution in [0.4, 0.5) is 0 Å². The zero-order valence-electron chi connectivity index (χ0n) is 10.5. The van der Waals surface area contributed by atoms with Crippen LogP contribution in [0.5, 0.6) is 0 Å². The van der Waals surface area contributed by atoms with E-state index in [4.69, 9.17) is 5.73 Å². The quantitative estimate of drug-likeness (QED) is 0.754. The Balaban J connectivity index is 2.02. The third kappa shape index (κ3) is 2.21. The maximum atomic E-state index is 6.03. The number of nitrogens with zero attached hydrogens (tertiary/aromatic N) is 1. The minimum atomic E-state index is 0.380. The standard InChI is InChI=1S/C13H26N2/c1-10(2)8-15(12-4-5-12)13(9-14)6-11(3)7-13/h10-12H,4-9,14H2,1-3H3. The maximum Gasteiger partial charge on any atom is 0.0339 e. The van der Waals surface area contributed by atoms with Crippen molar-refractivity contribution in [1.29, 1.82) is 0 Å². The molecular weight excluding hydrogens is 184 g/mol. The zero-order valence-corrected chi connectivity index (χ0v) is 10.5. The van der Waals surface area contributed by atoms with E-state index in [1.54, 1.807) is 0 Å². The molecule has 0 radical (unpaired) electrons. The highest BCUT2D eigenvalue weighted by atomic mass is 15.3. The first-order valence-corrected chi connectivity index (χ1v) is 6.54. The van der Waals surface area contributed by atoms with E-state index in [0.717, 1.165) is 24.4 Å². The molecule has 2 aliphatic carbocycles. The predicted molar refractivity (Wildman–Crippen MR) is 64.7 cm³/mol. The van der Waals surface area contributed by atoms with Gasteiger partial charge in [0.15, 0.2) is 0 Å². The molecule has 0 heterocycles. The first kappa shape index (κ1) is 11.4. The fourth-order valence-electron chi connectivity index (χ4n) is 3.27. The zero-order chi connectivity index (χ0) is 11.1. The summed E-state index contributed by atoms with van der Waals surface area (Å²) in [5, 5.41) is 0. The molecule has 0 aromatic carbocycles. The minimum absolute atomic E-state index is 0.380. The van der Waals surface area contributed by atoms with E-state index in [9.17, 15) is 0 Å². The number of nitrogens with two attached hydrogens (primary N) is 1. The van der Waals surface area contributed by atoms with Gasteiger partial charge in [0.1, 0.15) is 0 Å². The van der Waals surface area contributed by atoms with Gasteiger partial charge in [0, 0.05) is 24.7 Å². The summed E-state index contributed by atoms with van der Waals surface area (Å²) in [7, 11) is 0. The van der Waals surface area contributed by atoms with E-state index in [2.05, 4.69) is 25.7 Å². The Morgan fingerprint density at radius 1 is 1.33 bits per heavy atom. The average Bonchev–Trinajstić information content (AvgIpc) is 2.91. The van der Waals surface area contributed by atoms with Gasteiger partial charge in [-0.05, 0) is 37.5 Å². The van der Waals surface area contributed by atoms with E-state index >= 15 is 0 Å². The minimum Gasteiger partial charge on any atom is -0.329 e. The third-order valence-corrected chi connectivity index (χ3v) is 4.00. The molecule has 0 atom stereocenters. The molecule has 88 valence electrons. The predicted octanol–water partition coefficient (Wildman–Crippen LogP) is 2.23. The highest BCUT2D eigenvalue weighted by molar-refractivity contribution is 5.06. The van der Waals surface area contributed by atoms with Crippen molar-refractivity contribution in [1.82, 2.24) is 4.90 Å². The van der Waals surface area contributed by atoms with Crippen LogP contribution in [0.1, 0.15) is 46.5 Å². The lowest BCUT2D eigenvalue weighted by Crippen LogP contribution is -2.62. The summed E-state index contributed by atoms with van der Waals surface area (Å²) in [6.45, 7) is 9.10. The lowest BCUT2D eigenvalue weighted by atomic mass is 9.67. The van der Waals surface area contributed by atoms with E-state index in [1.807, 2.05) is 0 Å². The van der Waals surface area contributed by atoms with Gasteiger partial charge < -0.3 is 5.73 Å². The summed E-state index contributed by atoms with van der Waals surface area (Å²) in [5.74, 6) is 1.66. The highest BCUT2D eigenvalue weighted by Crippen LogP contribution is 2.46. The fourth-order valence-corrected chi connectivity index (χ4v) is 3.27. The van der Waals surface area contributed by atoms with Crippen molar-refractivity contribution in [2.45, 2.75) is 58.0 Å². The molecule has 0 aromatic heterocycles. The molecule has 0 aliphatic heterocycles. The molecule has 0 spiro atoms. The summed E-state index contributed by atoms with van der Waals surface area (Å²) in [5.41, 5.74) is 6.41. The lowest BCUT2D eigenvalue weighted by Gasteiger charge is -2.54. The Bertz CT molecular complexity index is 215. The summed E-state index contributed by atoms with van der Waals surface area (Å²) in [6.07, 6.45) is 5.46. The molecular formula is C13H26N2. The normalized spacial score (nSPS) is 36.0. The molecule has 0 amide bonds. The van der Waals surface area contributed by atoms with Crippen LogP contribution in [0.25, 0.3) is 0 Å². The number of rotatable bonds is 5. The van der Waals surface area contributed by atoms with Crippen LogP contribution in [0.2, 0.25) is 0 Å².